The smallest absolute Gasteiger partial charge is 0.166 e. The molecule has 0 saturated heterocycles. The quantitative estimate of drug-likeness (QED) is 0.468. The molecule has 1 rings (SSSR count). The van der Waals surface area contributed by atoms with E-state index in [-0.39, 0.29) is 0 Å². The summed E-state index contributed by atoms with van der Waals surface area (Å²) in [6.45, 7) is 13.5. The van der Waals surface area contributed by atoms with Crippen LogP contribution < -0.4 is 0 Å². The molecule has 0 aliphatic carbocycles. The highest BCUT2D eigenvalue weighted by Crippen LogP contribution is 2.31. The lowest BCUT2D eigenvalue weighted by Crippen LogP contribution is -2.28. The van der Waals surface area contributed by atoms with Gasteiger partial charge in [-0.15, -0.1) is 4.06 Å². The van der Waals surface area contributed by atoms with Gasteiger partial charge in [0.2, 0.25) is 0 Å². The molecule has 5 heteroatoms. The van der Waals surface area contributed by atoms with Crippen molar-refractivity contribution in [1.82, 2.24) is 0 Å². The molecule has 0 saturated carbocycles. The third-order valence-electron chi connectivity index (χ3n) is 4.07. The first-order valence-electron chi connectivity index (χ1n) is 8.70. The van der Waals surface area contributed by atoms with Gasteiger partial charge < -0.3 is 0 Å². The first kappa shape index (κ1) is 21.5. The van der Waals surface area contributed by atoms with Crippen molar-refractivity contribution in [2.45, 2.75) is 57.5 Å². The van der Waals surface area contributed by atoms with E-state index in [2.05, 4.69) is 46.9 Å². The van der Waals surface area contributed by atoms with E-state index in [1.807, 2.05) is 0 Å². The fraction of sp³-hybridized carbons (Fsp3) is 0.579. The van der Waals surface area contributed by atoms with Crippen molar-refractivity contribution in [3.63, 3.8) is 0 Å². The number of halogens is 3. The highest BCUT2D eigenvalue weighted by Gasteiger charge is 2.31. The molecular formula is C19H29AlF3Si. The topological polar surface area (TPSA) is 0 Å². The first-order chi connectivity index (χ1) is 11.0. The maximum atomic E-state index is 13.0. The molecule has 0 aliphatic heterocycles. The van der Waals surface area contributed by atoms with Gasteiger partial charge in [0.1, 0.15) is 0 Å². The summed E-state index contributed by atoms with van der Waals surface area (Å²) in [5, 5.41) is 2.47. The van der Waals surface area contributed by atoms with Crippen molar-refractivity contribution in [2.75, 3.05) is 0 Å². The fourth-order valence-electron chi connectivity index (χ4n) is 3.14. The molecule has 0 spiro atoms. The van der Waals surface area contributed by atoms with Gasteiger partial charge in [0, 0.05) is 0 Å². The van der Waals surface area contributed by atoms with E-state index < -0.39 is 34.7 Å². The third-order valence-corrected chi connectivity index (χ3v) is 12.4. The summed E-state index contributed by atoms with van der Waals surface area (Å²) in [4.78, 5) is 0. The highest BCUT2D eigenvalue weighted by molar-refractivity contribution is 6.89. The molecule has 1 aromatic rings. The molecule has 1 aromatic carbocycles. The average molecular weight is 370 g/mol. The summed E-state index contributed by atoms with van der Waals surface area (Å²) in [5.41, 5.74) is 0.151. The molecule has 0 aliphatic rings. The lowest BCUT2D eigenvalue weighted by molar-refractivity contribution is -0.137. The van der Waals surface area contributed by atoms with Crippen molar-refractivity contribution in [3.8, 4) is 0 Å². The second-order valence-corrected chi connectivity index (χ2v) is 13.8. The minimum Gasteiger partial charge on any atom is -0.166 e. The summed E-state index contributed by atoms with van der Waals surface area (Å²) in [6.07, 6.45) is -2.19. The predicted octanol–water partition coefficient (Wildman–Crippen LogP) is 6.73. The summed E-state index contributed by atoms with van der Waals surface area (Å²) < 4.78 is 40.4. The Morgan fingerprint density at radius 1 is 1.08 bits per heavy atom. The van der Waals surface area contributed by atoms with Crippen molar-refractivity contribution in [1.29, 1.82) is 0 Å². The molecule has 0 N–H and O–H groups in total. The standard InChI is InChI=1S/C11H11F3Si.2C4H9.Al/c1-15(2)7-6-9-4-3-5-10(8-9)11(12,13)14;2*1-4(2)3;/h3-6,8H,1-2H3;2*4H,1H2,2-3H3;. The van der Waals surface area contributed by atoms with Crippen LogP contribution in [-0.2, 0) is 6.18 Å². The third kappa shape index (κ3) is 7.17. The van der Waals surface area contributed by atoms with Gasteiger partial charge in [0.05, 0.1) is 14.4 Å². The lowest BCUT2D eigenvalue weighted by Gasteiger charge is -2.22. The first-order valence-corrected chi connectivity index (χ1v) is 13.4. The van der Waals surface area contributed by atoms with Crippen LogP contribution in [0.15, 0.2) is 28.3 Å². The minimum atomic E-state index is -4.27. The Hall–Kier alpha value is -0.501. The largest absolute Gasteiger partial charge is 0.416 e. The maximum absolute atomic E-state index is 13.0. The Labute approximate surface area is 151 Å². The summed E-state index contributed by atoms with van der Waals surface area (Å²) >= 11 is -1.12. The number of benzene rings is 1. The van der Waals surface area contributed by atoms with E-state index in [0.29, 0.717) is 17.4 Å². The van der Waals surface area contributed by atoms with Crippen LogP contribution in [0.25, 0.3) is 6.08 Å². The fourth-order valence-corrected chi connectivity index (χ4v) is 11.0. The zero-order valence-electron chi connectivity index (χ0n) is 15.7. The average Bonchev–Trinajstić information content (AvgIpc) is 2.42. The summed E-state index contributed by atoms with van der Waals surface area (Å²) in [6, 6.07) is 5.76. The van der Waals surface area contributed by atoms with Crippen LogP contribution in [0.5, 0.6) is 0 Å². The van der Waals surface area contributed by atoms with Crippen molar-refractivity contribution < 1.29 is 13.2 Å². The van der Waals surface area contributed by atoms with E-state index in [1.165, 1.54) is 26.8 Å². The van der Waals surface area contributed by atoms with Crippen molar-refractivity contribution in [3.05, 3.63) is 39.5 Å². The van der Waals surface area contributed by atoms with Crippen molar-refractivity contribution >= 4 is 29.0 Å². The zero-order chi connectivity index (χ0) is 18.5. The van der Waals surface area contributed by atoms with Gasteiger partial charge in [-0.05, 0) is 17.7 Å². The number of alkyl halides is 3. The number of hydrogen-bond donors (Lipinski definition) is 0. The molecule has 0 amide bonds. The van der Waals surface area contributed by atoms with Gasteiger partial charge in [0.15, 0.2) is 0 Å². The zero-order valence-corrected chi connectivity index (χ0v) is 17.8. The number of hydrogen-bond acceptors (Lipinski definition) is 0. The molecule has 0 atom stereocenters. The molecule has 0 fully saturated rings. The SMILES string of the molecule is CC(C)[CH2][Al]([CH2]C(C)C)/[C](=C/c1cccc(C(F)(F)F)c1)[Si](C)C. The van der Waals surface area contributed by atoms with Gasteiger partial charge in [-0.3, -0.25) is 0 Å². The number of rotatable bonds is 7. The van der Waals surface area contributed by atoms with Gasteiger partial charge in [-0.25, -0.2) is 0 Å². The Balaban J connectivity index is 3.24. The maximum Gasteiger partial charge on any atom is 0.416 e. The molecule has 0 unspecified atom stereocenters. The van der Waals surface area contributed by atoms with Crippen LogP contribution >= 0.6 is 0 Å². The lowest BCUT2D eigenvalue weighted by atomic mass is 10.1. The molecule has 0 heterocycles. The van der Waals surface area contributed by atoms with E-state index in [4.69, 9.17) is 0 Å². The van der Waals surface area contributed by atoms with Crippen molar-refractivity contribution in [2.24, 2.45) is 11.8 Å². The highest BCUT2D eigenvalue weighted by atomic mass is 28.3. The van der Waals surface area contributed by atoms with E-state index in [1.54, 1.807) is 6.07 Å². The van der Waals surface area contributed by atoms with E-state index in [9.17, 15) is 13.2 Å². The van der Waals surface area contributed by atoms with Gasteiger partial charge >= 0.3 is 6.18 Å². The monoisotopic (exact) mass is 369 g/mol. The van der Waals surface area contributed by atoms with Crippen LogP contribution in [-0.4, -0.2) is 22.9 Å². The Morgan fingerprint density at radius 3 is 2.04 bits per heavy atom. The van der Waals surface area contributed by atoms with Gasteiger partial charge in [-0.1, -0.05) is 81.4 Å². The Bertz CT molecular complexity index is 538. The summed E-state index contributed by atoms with van der Waals surface area (Å²) in [5.74, 6) is 1.29. The molecule has 0 nitrogen and oxygen atoms in total. The second-order valence-electron chi connectivity index (χ2n) is 7.68. The normalized spacial score (nSPS) is 13.2. The van der Waals surface area contributed by atoms with Crippen LogP contribution in [0.2, 0.25) is 23.7 Å². The molecular weight excluding hydrogens is 340 g/mol. The van der Waals surface area contributed by atoms with Gasteiger partial charge in [0.25, 0.3) is 14.1 Å². The second kappa shape index (κ2) is 9.27. The Kier molecular flexibility index (Phi) is 8.32. The molecule has 0 aromatic heterocycles. The molecule has 0 bridgehead atoms. The van der Waals surface area contributed by atoms with Crippen LogP contribution in [0, 0.1) is 11.8 Å². The molecule has 133 valence electrons. The van der Waals surface area contributed by atoms with Crippen LogP contribution in [0.4, 0.5) is 13.2 Å². The van der Waals surface area contributed by atoms with Gasteiger partial charge in [-0.2, -0.15) is 13.2 Å². The van der Waals surface area contributed by atoms with E-state index in [0.717, 1.165) is 6.07 Å². The molecule has 1 radical (unpaired) electrons. The van der Waals surface area contributed by atoms with Crippen LogP contribution in [0.3, 0.4) is 0 Å². The predicted molar refractivity (Wildman–Crippen MR) is 102 cm³/mol. The minimum absolute atomic E-state index is 0.553. The van der Waals surface area contributed by atoms with Crippen LogP contribution in [0.1, 0.15) is 38.8 Å². The van der Waals surface area contributed by atoms with E-state index >= 15 is 0 Å². The molecule has 24 heavy (non-hydrogen) atoms. The Morgan fingerprint density at radius 2 is 1.62 bits per heavy atom. The summed E-state index contributed by atoms with van der Waals surface area (Å²) in [7, 11) is -0.666.